The minimum atomic E-state index is -0.728. The van der Waals surface area contributed by atoms with Crippen LogP contribution < -0.4 is 0 Å². The summed E-state index contributed by atoms with van der Waals surface area (Å²) in [7, 11) is 0. The van der Waals surface area contributed by atoms with Crippen LogP contribution >= 0.6 is 0 Å². The first-order valence-corrected chi connectivity index (χ1v) is 6.49. The first-order valence-electron chi connectivity index (χ1n) is 14.0. The van der Waals surface area contributed by atoms with E-state index >= 15 is 0 Å². The minimum Gasteiger partial charge on any atom is -0.455 e. The molecule has 1 nitrogen and oxygen atoms in total. The molecule has 1 aromatic heterocycles. The standard InChI is InChI=1S/C22H16O/c1-4-10-17(11-5-1)20-16-21(18-12-6-2-7-13-18)23-22(20)19-14-8-3-9-15-19/h1-16H/i1D,2D,3D,4D,5D,6D,7D,8D,9D,10D,11D,12D,13D,14D,15D. The molecule has 3 aromatic carbocycles. The summed E-state index contributed by atoms with van der Waals surface area (Å²) in [6, 6.07) is -9.38. The normalized spacial score (nSPS) is 19.7. The maximum absolute atomic E-state index is 8.38. The van der Waals surface area contributed by atoms with Gasteiger partial charge in [-0.05, 0) is 11.6 Å². The van der Waals surface area contributed by atoms with Crippen LogP contribution in [0.4, 0.5) is 0 Å². The summed E-state index contributed by atoms with van der Waals surface area (Å²) in [6.07, 6.45) is 0. The van der Waals surface area contributed by atoms with Gasteiger partial charge in [-0.2, -0.15) is 0 Å². The number of benzene rings is 3. The van der Waals surface area contributed by atoms with Crippen LogP contribution in [0.5, 0.6) is 0 Å². The Kier molecular flexibility index (Phi) is 1.29. The van der Waals surface area contributed by atoms with Crippen LogP contribution in [0.3, 0.4) is 0 Å². The summed E-state index contributed by atoms with van der Waals surface area (Å²) in [6.45, 7) is 0. The van der Waals surface area contributed by atoms with Crippen LogP contribution in [0.2, 0.25) is 0 Å². The molecule has 4 rings (SSSR count). The van der Waals surface area contributed by atoms with Crippen LogP contribution in [0.15, 0.2) is 101 Å². The lowest BCUT2D eigenvalue weighted by atomic mass is 10.0. The Hall–Kier alpha value is -3.06. The number of hydrogen-bond donors (Lipinski definition) is 0. The summed E-state index contributed by atoms with van der Waals surface area (Å²) < 4.78 is 127. The second-order valence-corrected chi connectivity index (χ2v) is 4.35. The Balaban J connectivity index is 2.23. The molecule has 1 heterocycles. The summed E-state index contributed by atoms with van der Waals surface area (Å²) in [5, 5.41) is 0. The molecule has 0 saturated carbocycles. The fourth-order valence-electron chi connectivity index (χ4n) is 2.01. The van der Waals surface area contributed by atoms with Gasteiger partial charge in [0.05, 0.1) is 20.6 Å². The maximum atomic E-state index is 8.38. The number of rotatable bonds is 3. The molecule has 0 N–H and O–H groups in total. The Labute approximate surface area is 156 Å². The van der Waals surface area contributed by atoms with Gasteiger partial charge >= 0.3 is 0 Å². The predicted molar refractivity (Wildman–Crippen MR) is 95.0 cm³/mol. The molecule has 0 saturated heterocycles. The van der Waals surface area contributed by atoms with Crippen molar-refractivity contribution >= 4 is 0 Å². The second-order valence-electron chi connectivity index (χ2n) is 4.35. The van der Waals surface area contributed by atoms with Crippen molar-refractivity contribution in [3.63, 3.8) is 0 Å². The number of furan rings is 1. The average molecular weight is 311 g/mol. The zero-order chi connectivity index (χ0) is 28.5. The van der Waals surface area contributed by atoms with E-state index in [-0.39, 0.29) is 5.56 Å². The zero-order valence-corrected chi connectivity index (χ0v) is 11.5. The molecule has 0 atom stereocenters. The molecule has 0 bridgehead atoms. The Bertz CT molecular complexity index is 1500. The SMILES string of the molecule is [2H]c1c([2H])c([2H])c(-c2cc(-c3c([2H])c([2H])c([2H])c([2H])c3[2H])c(-c3c([2H])c([2H])c([2H])c([2H])c3[2H])o2)c([2H])c1[2H]. The second kappa shape index (κ2) is 5.98. The third-order valence-electron chi connectivity index (χ3n) is 2.97. The predicted octanol–water partition coefficient (Wildman–Crippen LogP) is 6.28. The van der Waals surface area contributed by atoms with Crippen LogP contribution in [0.1, 0.15) is 20.6 Å². The minimum absolute atomic E-state index is 0.289. The molecule has 0 spiro atoms. The van der Waals surface area contributed by atoms with E-state index in [0.717, 1.165) is 6.07 Å². The molecule has 0 aliphatic carbocycles. The molecule has 0 fully saturated rings. The fraction of sp³-hybridized carbons (Fsp3) is 0. The lowest BCUT2D eigenvalue weighted by Crippen LogP contribution is -1.78. The molecule has 0 radical (unpaired) electrons. The van der Waals surface area contributed by atoms with Crippen molar-refractivity contribution in [1.82, 2.24) is 0 Å². The molecular formula is C22H16O. The molecule has 23 heavy (non-hydrogen) atoms. The van der Waals surface area contributed by atoms with Gasteiger partial charge in [0.15, 0.2) is 0 Å². The monoisotopic (exact) mass is 311 g/mol. The molecule has 0 amide bonds. The Morgan fingerprint density at radius 2 is 1.04 bits per heavy atom. The van der Waals surface area contributed by atoms with E-state index in [1.807, 2.05) is 0 Å². The average Bonchev–Trinajstić information content (AvgIpc) is 3.30. The van der Waals surface area contributed by atoms with Crippen molar-refractivity contribution in [2.75, 3.05) is 0 Å². The van der Waals surface area contributed by atoms with Crippen LogP contribution in [-0.2, 0) is 0 Å². The van der Waals surface area contributed by atoms with Gasteiger partial charge in [-0.25, -0.2) is 0 Å². The molecular weight excluding hydrogens is 280 g/mol. The summed E-state index contributed by atoms with van der Waals surface area (Å²) in [5.41, 5.74) is -1.65. The third kappa shape index (κ3) is 2.69. The lowest BCUT2D eigenvalue weighted by Gasteiger charge is -2.02. The summed E-state index contributed by atoms with van der Waals surface area (Å²) >= 11 is 0. The lowest BCUT2D eigenvalue weighted by molar-refractivity contribution is 0.598. The van der Waals surface area contributed by atoms with E-state index in [9.17, 15) is 0 Å². The topological polar surface area (TPSA) is 13.1 Å². The molecule has 110 valence electrons. The van der Waals surface area contributed by atoms with Crippen molar-refractivity contribution in [2.45, 2.75) is 0 Å². The zero-order valence-electron chi connectivity index (χ0n) is 26.5. The van der Waals surface area contributed by atoms with Crippen molar-refractivity contribution in [1.29, 1.82) is 0 Å². The van der Waals surface area contributed by atoms with E-state index in [0.29, 0.717) is 0 Å². The third-order valence-corrected chi connectivity index (χ3v) is 2.97. The maximum Gasteiger partial charge on any atom is 0.142 e. The molecule has 1 heteroatoms. The molecule has 0 unspecified atom stereocenters. The van der Waals surface area contributed by atoms with E-state index in [2.05, 4.69) is 0 Å². The highest BCUT2D eigenvalue weighted by Crippen LogP contribution is 2.38. The van der Waals surface area contributed by atoms with Crippen molar-refractivity contribution in [3.05, 3.63) is 96.7 Å². The summed E-state index contributed by atoms with van der Waals surface area (Å²) in [4.78, 5) is 0. The van der Waals surface area contributed by atoms with Crippen molar-refractivity contribution in [2.24, 2.45) is 0 Å². The Morgan fingerprint density at radius 3 is 1.61 bits per heavy atom. The van der Waals surface area contributed by atoms with Gasteiger partial charge in [-0.1, -0.05) is 90.6 Å². The van der Waals surface area contributed by atoms with Gasteiger partial charge in [-0.3, -0.25) is 0 Å². The van der Waals surface area contributed by atoms with E-state index in [4.69, 9.17) is 25.0 Å². The van der Waals surface area contributed by atoms with Gasteiger partial charge < -0.3 is 4.42 Å². The van der Waals surface area contributed by atoms with Gasteiger partial charge in [-0.15, -0.1) is 0 Å². The van der Waals surface area contributed by atoms with Crippen LogP contribution in [0.25, 0.3) is 33.8 Å². The highest BCUT2D eigenvalue weighted by molar-refractivity contribution is 5.83. The van der Waals surface area contributed by atoms with Gasteiger partial charge in [0.2, 0.25) is 0 Å². The smallest absolute Gasteiger partial charge is 0.142 e. The first kappa shape index (κ1) is 4.97. The van der Waals surface area contributed by atoms with Crippen molar-refractivity contribution in [3.8, 4) is 33.8 Å². The highest BCUT2D eigenvalue weighted by Gasteiger charge is 2.15. The van der Waals surface area contributed by atoms with Crippen molar-refractivity contribution < 1.29 is 25.0 Å². The Morgan fingerprint density at radius 1 is 0.565 bits per heavy atom. The number of hydrogen-bond acceptors (Lipinski definition) is 1. The van der Waals surface area contributed by atoms with Gasteiger partial charge in [0, 0.05) is 16.7 Å². The highest BCUT2D eigenvalue weighted by atomic mass is 16.3. The van der Waals surface area contributed by atoms with Gasteiger partial charge in [0.25, 0.3) is 0 Å². The van der Waals surface area contributed by atoms with E-state index in [1.54, 1.807) is 0 Å². The van der Waals surface area contributed by atoms with Crippen LogP contribution in [-0.4, -0.2) is 0 Å². The first-order chi connectivity index (χ1) is 17.6. The quantitative estimate of drug-likeness (QED) is 0.434. The molecule has 4 aromatic rings. The van der Waals surface area contributed by atoms with Gasteiger partial charge in [0.1, 0.15) is 11.5 Å². The molecule has 0 aliphatic rings. The summed E-state index contributed by atoms with van der Waals surface area (Å²) in [5.74, 6) is -0.895. The largest absolute Gasteiger partial charge is 0.455 e. The molecule has 0 aliphatic heterocycles. The fourth-order valence-corrected chi connectivity index (χ4v) is 2.01. The van der Waals surface area contributed by atoms with E-state index < -0.39 is 119 Å². The van der Waals surface area contributed by atoms with E-state index in [1.165, 1.54) is 0 Å². The van der Waals surface area contributed by atoms with Crippen LogP contribution in [0, 0.1) is 0 Å².